The van der Waals surface area contributed by atoms with Crippen LogP contribution in [0.3, 0.4) is 0 Å². The number of halogens is 2. The SMILES string of the molecule is CCC(F)(F)c1ccc(C(C)(C)C#N)cc1. The van der Waals surface area contributed by atoms with E-state index in [0.29, 0.717) is 0 Å². The van der Waals surface area contributed by atoms with Gasteiger partial charge in [0.25, 0.3) is 5.92 Å². The van der Waals surface area contributed by atoms with E-state index in [0.717, 1.165) is 5.56 Å². The molecule has 0 aliphatic rings. The minimum absolute atomic E-state index is 0.00693. The van der Waals surface area contributed by atoms with Crippen LogP contribution in [0.5, 0.6) is 0 Å². The highest BCUT2D eigenvalue weighted by atomic mass is 19.3. The molecular weight excluding hydrogens is 208 g/mol. The molecule has 0 aromatic heterocycles. The van der Waals surface area contributed by atoms with Gasteiger partial charge in [-0.05, 0) is 19.4 Å². The van der Waals surface area contributed by atoms with Crippen LogP contribution in [0, 0.1) is 11.3 Å². The van der Waals surface area contributed by atoms with Crippen LogP contribution in [0.1, 0.15) is 38.3 Å². The fourth-order valence-electron chi connectivity index (χ4n) is 1.40. The van der Waals surface area contributed by atoms with Crippen molar-refractivity contribution in [2.75, 3.05) is 0 Å². The molecule has 86 valence electrons. The highest BCUT2D eigenvalue weighted by Gasteiger charge is 2.29. The fourth-order valence-corrected chi connectivity index (χ4v) is 1.40. The summed E-state index contributed by atoms with van der Waals surface area (Å²) in [6, 6.07) is 8.14. The lowest BCUT2D eigenvalue weighted by molar-refractivity contribution is -0.00830. The molecule has 3 heteroatoms. The maximum Gasteiger partial charge on any atom is 0.273 e. The normalized spacial score (nSPS) is 12.2. The molecule has 0 unspecified atom stereocenters. The van der Waals surface area contributed by atoms with Gasteiger partial charge in [-0.1, -0.05) is 31.2 Å². The summed E-state index contributed by atoms with van der Waals surface area (Å²) in [6.07, 6.45) is -0.214. The van der Waals surface area contributed by atoms with Crippen molar-refractivity contribution in [2.24, 2.45) is 0 Å². The molecular formula is C13H15F2N. The minimum Gasteiger partial charge on any atom is -0.201 e. The Labute approximate surface area is 94.7 Å². The van der Waals surface area contributed by atoms with E-state index in [1.54, 1.807) is 26.0 Å². The van der Waals surface area contributed by atoms with Crippen LogP contribution in [0.4, 0.5) is 8.78 Å². The summed E-state index contributed by atoms with van der Waals surface area (Å²) < 4.78 is 26.7. The monoisotopic (exact) mass is 223 g/mol. The molecule has 1 aromatic rings. The van der Waals surface area contributed by atoms with Gasteiger partial charge in [-0.3, -0.25) is 0 Å². The van der Waals surface area contributed by atoms with Crippen LogP contribution in [0.15, 0.2) is 24.3 Å². The molecule has 0 aliphatic carbocycles. The van der Waals surface area contributed by atoms with E-state index >= 15 is 0 Å². The van der Waals surface area contributed by atoms with E-state index in [9.17, 15) is 8.78 Å². The van der Waals surface area contributed by atoms with E-state index in [2.05, 4.69) is 6.07 Å². The maximum atomic E-state index is 13.3. The Hall–Kier alpha value is -1.43. The molecule has 0 saturated heterocycles. The first-order valence-corrected chi connectivity index (χ1v) is 5.23. The summed E-state index contributed by atoms with van der Waals surface area (Å²) in [4.78, 5) is 0. The topological polar surface area (TPSA) is 23.8 Å². The van der Waals surface area contributed by atoms with Crippen LogP contribution in [-0.4, -0.2) is 0 Å². The smallest absolute Gasteiger partial charge is 0.201 e. The Balaban J connectivity index is 3.06. The molecule has 1 rings (SSSR count). The molecule has 0 radical (unpaired) electrons. The predicted molar refractivity (Wildman–Crippen MR) is 59.3 cm³/mol. The molecule has 0 saturated carbocycles. The highest BCUT2D eigenvalue weighted by molar-refractivity contribution is 5.34. The van der Waals surface area contributed by atoms with Crippen LogP contribution in [-0.2, 0) is 11.3 Å². The number of benzene rings is 1. The Morgan fingerprint density at radius 1 is 1.12 bits per heavy atom. The second-order valence-corrected chi connectivity index (χ2v) is 4.37. The number of nitrogens with zero attached hydrogens (tertiary/aromatic N) is 1. The lowest BCUT2D eigenvalue weighted by Crippen LogP contribution is -2.15. The van der Waals surface area contributed by atoms with Crippen molar-refractivity contribution in [1.29, 1.82) is 5.26 Å². The number of rotatable bonds is 3. The molecule has 0 N–H and O–H groups in total. The zero-order valence-corrected chi connectivity index (χ0v) is 9.72. The molecule has 0 fully saturated rings. The average molecular weight is 223 g/mol. The molecule has 0 amide bonds. The largest absolute Gasteiger partial charge is 0.273 e. The second kappa shape index (κ2) is 4.21. The van der Waals surface area contributed by atoms with E-state index < -0.39 is 11.3 Å². The Morgan fingerprint density at radius 2 is 1.56 bits per heavy atom. The summed E-state index contributed by atoms with van der Waals surface area (Å²) >= 11 is 0. The molecule has 0 heterocycles. The lowest BCUT2D eigenvalue weighted by atomic mass is 9.85. The molecule has 0 atom stereocenters. The number of hydrogen-bond acceptors (Lipinski definition) is 1. The fraction of sp³-hybridized carbons (Fsp3) is 0.462. The highest BCUT2D eigenvalue weighted by Crippen LogP contribution is 2.32. The number of alkyl halides is 2. The number of nitriles is 1. The summed E-state index contributed by atoms with van der Waals surface area (Å²) in [5.41, 5.74) is 0.123. The first kappa shape index (κ1) is 12.6. The zero-order chi connectivity index (χ0) is 12.4. The van der Waals surface area contributed by atoms with Crippen LogP contribution in [0.2, 0.25) is 0 Å². The van der Waals surface area contributed by atoms with Gasteiger partial charge in [0.1, 0.15) is 0 Å². The van der Waals surface area contributed by atoms with Crippen molar-refractivity contribution in [3.05, 3.63) is 35.4 Å². The maximum absolute atomic E-state index is 13.3. The quantitative estimate of drug-likeness (QED) is 0.760. The van der Waals surface area contributed by atoms with Gasteiger partial charge in [0.2, 0.25) is 0 Å². The van der Waals surface area contributed by atoms with Gasteiger partial charge in [-0.25, -0.2) is 8.78 Å². The second-order valence-electron chi connectivity index (χ2n) is 4.37. The molecule has 1 aromatic carbocycles. The van der Waals surface area contributed by atoms with Gasteiger partial charge in [0, 0.05) is 12.0 Å². The Kier molecular flexibility index (Phi) is 3.32. The summed E-state index contributed by atoms with van der Waals surface area (Å²) in [7, 11) is 0. The van der Waals surface area contributed by atoms with Gasteiger partial charge >= 0.3 is 0 Å². The third-order valence-electron chi connectivity index (χ3n) is 2.75. The van der Waals surface area contributed by atoms with Crippen molar-refractivity contribution in [1.82, 2.24) is 0 Å². The van der Waals surface area contributed by atoms with Crippen LogP contribution in [0.25, 0.3) is 0 Å². The van der Waals surface area contributed by atoms with Crippen LogP contribution < -0.4 is 0 Å². The van der Waals surface area contributed by atoms with E-state index in [1.165, 1.54) is 19.1 Å². The summed E-state index contributed by atoms with van der Waals surface area (Å²) in [5, 5.41) is 8.92. The standard InChI is InChI=1S/C13H15F2N/c1-4-13(14,15)11-7-5-10(6-8-11)12(2,3)9-16/h5-8H,4H2,1-3H3. The van der Waals surface area contributed by atoms with Gasteiger partial charge < -0.3 is 0 Å². The van der Waals surface area contributed by atoms with Crippen molar-refractivity contribution < 1.29 is 8.78 Å². The van der Waals surface area contributed by atoms with Gasteiger partial charge in [0.05, 0.1) is 11.5 Å². The predicted octanol–water partition coefficient (Wildman–Crippen LogP) is 3.99. The molecule has 16 heavy (non-hydrogen) atoms. The van der Waals surface area contributed by atoms with Gasteiger partial charge in [-0.2, -0.15) is 5.26 Å². The third kappa shape index (κ3) is 2.38. The average Bonchev–Trinajstić information content (AvgIpc) is 2.29. The first-order valence-electron chi connectivity index (χ1n) is 5.23. The van der Waals surface area contributed by atoms with Crippen molar-refractivity contribution in [2.45, 2.75) is 38.5 Å². The molecule has 1 nitrogen and oxygen atoms in total. The van der Waals surface area contributed by atoms with Crippen molar-refractivity contribution >= 4 is 0 Å². The lowest BCUT2D eigenvalue weighted by Gasteiger charge is -2.18. The number of hydrogen-bond donors (Lipinski definition) is 0. The Morgan fingerprint density at radius 3 is 1.94 bits per heavy atom. The molecule has 0 bridgehead atoms. The van der Waals surface area contributed by atoms with Crippen molar-refractivity contribution in [3.63, 3.8) is 0 Å². The third-order valence-corrected chi connectivity index (χ3v) is 2.75. The van der Waals surface area contributed by atoms with Crippen LogP contribution >= 0.6 is 0 Å². The van der Waals surface area contributed by atoms with Gasteiger partial charge in [-0.15, -0.1) is 0 Å². The summed E-state index contributed by atoms with van der Waals surface area (Å²) in [6.45, 7) is 4.98. The van der Waals surface area contributed by atoms with E-state index in [1.807, 2.05) is 0 Å². The Bertz CT molecular complexity index is 399. The van der Waals surface area contributed by atoms with E-state index in [-0.39, 0.29) is 12.0 Å². The van der Waals surface area contributed by atoms with E-state index in [4.69, 9.17) is 5.26 Å². The first-order chi connectivity index (χ1) is 7.33. The summed E-state index contributed by atoms with van der Waals surface area (Å²) in [5.74, 6) is -2.78. The zero-order valence-electron chi connectivity index (χ0n) is 9.72. The molecule has 0 spiro atoms. The minimum atomic E-state index is -2.78. The van der Waals surface area contributed by atoms with Gasteiger partial charge in [0.15, 0.2) is 0 Å². The molecule has 0 aliphatic heterocycles. The van der Waals surface area contributed by atoms with Crippen molar-refractivity contribution in [3.8, 4) is 6.07 Å².